The fourth-order valence-electron chi connectivity index (χ4n) is 2.84. The highest BCUT2D eigenvalue weighted by atomic mass is 19.1. The summed E-state index contributed by atoms with van der Waals surface area (Å²) in [6.07, 6.45) is 3.37. The van der Waals surface area contributed by atoms with Gasteiger partial charge in [0.2, 0.25) is 0 Å². The van der Waals surface area contributed by atoms with Gasteiger partial charge in [0, 0.05) is 37.8 Å². The minimum atomic E-state index is -0.0507. The first-order valence-corrected chi connectivity index (χ1v) is 7.43. The monoisotopic (exact) mass is 264 g/mol. The van der Waals surface area contributed by atoms with Gasteiger partial charge in [0.1, 0.15) is 5.82 Å². The van der Waals surface area contributed by atoms with Crippen LogP contribution >= 0.6 is 0 Å². The lowest BCUT2D eigenvalue weighted by molar-refractivity contribution is 0.160. The summed E-state index contributed by atoms with van der Waals surface area (Å²) in [7, 11) is 0. The molecule has 1 aliphatic heterocycles. The topological polar surface area (TPSA) is 15.3 Å². The van der Waals surface area contributed by atoms with Crippen molar-refractivity contribution in [1.29, 1.82) is 0 Å². The number of hydrogen-bond acceptors (Lipinski definition) is 2. The molecule has 0 aliphatic carbocycles. The molecule has 1 heterocycles. The maximum atomic E-state index is 14.2. The molecule has 1 aliphatic rings. The third-order valence-electron chi connectivity index (χ3n) is 3.93. The second-order valence-electron chi connectivity index (χ2n) is 5.47. The zero-order chi connectivity index (χ0) is 13.7. The van der Waals surface area contributed by atoms with Gasteiger partial charge >= 0.3 is 0 Å². The molecule has 2 nitrogen and oxygen atoms in total. The summed E-state index contributed by atoms with van der Waals surface area (Å²) < 4.78 is 14.2. The molecular weight excluding hydrogens is 239 g/mol. The van der Waals surface area contributed by atoms with Crippen molar-refractivity contribution in [3.05, 3.63) is 35.1 Å². The van der Waals surface area contributed by atoms with Gasteiger partial charge in [-0.3, -0.25) is 4.90 Å². The lowest BCUT2D eigenvalue weighted by Crippen LogP contribution is -2.45. The average Bonchev–Trinajstić information content (AvgIpc) is 2.44. The Morgan fingerprint density at radius 1 is 1.32 bits per heavy atom. The molecule has 106 valence electrons. The molecule has 1 saturated heterocycles. The zero-order valence-electron chi connectivity index (χ0n) is 12.1. The largest absolute Gasteiger partial charge is 0.314 e. The van der Waals surface area contributed by atoms with E-state index >= 15 is 0 Å². The molecule has 1 atom stereocenters. The fourth-order valence-corrected chi connectivity index (χ4v) is 2.84. The second kappa shape index (κ2) is 7.01. The van der Waals surface area contributed by atoms with Crippen molar-refractivity contribution in [1.82, 2.24) is 10.2 Å². The predicted molar refractivity (Wildman–Crippen MR) is 77.8 cm³/mol. The summed E-state index contributed by atoms with van der Waals surface area (Å²) in [5, 5.41) is 3.37. The van der Waals surface area contributed by atoms with Crippen LogP contribution in [0.25, 0.3) is 0 Å². The lowest BCUT2D eigenvalue weighted by Gasteiger charge is -2.35. The maximum absolute atomic E-state index is 14.2. The van der Waals surface area contributed by atoms with Crippen LogP contribution < -0.4 is 5.32 Å². The number of unbranched alkanes of at least 4 members (excludes halogenated alkanes) is 1. The lowest BCUT2D eigenvalue weighted by atomic mass is 9.97. The molecule has 1 N–H and O–H groups in total. The highest BCUT2D eigenvalue weighted by molar-refractivity contribution is 5.27. The molecular formula is C16H25FN2. The molecule has 0 unspecified atom stereocenters. The summed E-state index contributed by atoms with van der Waals surface area (Å²) in [5.74, 6) is -0.0507. The number of nitrogens with zero attached hydrogens (tertiary/aromatic N) is 1. The maximum Gasteiger partial charge on any atom is 0.128 e. The number of aryl methyl sites for hydroxylation is 1. The van der Waals surface area contributed by atoms with E-state index < -0.39 is 0 Å². The van der Waals surface area contributed by atoms with Crippen LogP contribution in [0.3, 0.4) is 0 Å². The van der Waals surface area contributed by atoms with E-state index in [1.807, 2.05) is 19.1 Å². The third kappa shape index (κ3) is 3.77. The Labute approximate surface area is 116 Å². The summed E-state index contributed by atoms with van der Waals surface area (Å²) in [5.41, 5.74) is 2.03. The molecule has 0 spiro atoms. The van der Waals surface area contributed by atoms with Crippen molar-refractivity contribution >= 4 is 0 Å². The molecule has 3 heteroatoms. The van der Waals surface area contributed by atoms with Crippen LogP contribution in [0.4, 0.5) is 4.39 Å². The van der Waals surface area contributed by atoms with Gasteiger partial charge in [-0.1, -0.05) is 37.5 Å². The number of benzene rings is 1. The fraction of sp³-hybridized carbons (Fsp3) is 0.625. The Hall–Kier alpha value is -0.930. The van der Waals surface area contributed by atoms with E-state index in [1.165, 1.54) is 0 Å². The van der Waals surface area contributed by atoms with Crippen molar-refractivity contribution in [3.63, 3.8) is 0 Å². The third-order valence-corrected chi connectivity index (χ3v) is 3.93. The van der Waals surface area contributed by atoms with E-state index in [1.54, 1.807) is 6.07 Å². The molecule has 0 amide bonds. The Morgan fingerprint density at radius 2 is 2.05 bits per heavy atom. The minimum Gasteiger partial charge on any atom is -0.314 e. The molecule has 1 aromatic rings. The average molecular weight is 264 g/mol. The normalized spacial score (nSPS) is 18.5. The number of hydrogen-bond donors (Lipinski definition) is 1. The Balaban J connectivity index is 2.22. The van der Waals surface area contributed by atoms with Crippen molar-refractivity contribution in [2.45, 2.75) is 39.2 Å². The van der Waals surface area contributed by atoms with Crippen molar-refractivity contribution in [2.24, 2.45) is 0 Å². The van der Waals surface area contributed by atoms with Crippen molar-refractivity contribution in [2.75, 3.05) is 26.2 Å². The molecule has 1 fully saturated rings. The van der Waals surface area contributed by atoms with Gasteiger partial charge in [0.05, 0.1) is 0 Å². The Morgan fingerprint density at radius 3 is 2.74 bits per heavy atom. The number of rotatable bonds is 5. The predicted octanol–water partition coefficient (Wildman–Crippen LogP) is 3.27. The molecule has 2 rings (SSSR count). The number of halogens is 1. The van der Waals surface area contributed by atoms with E-state index in [9.17, 15) is 4.39 Å². The molecule has 0 aromatic heterocycles. The van der Waals surface area contributed by atoms with Crippen LogP contribution in [0.5, 0.6) is 0 Å². The second-order valence-corrected chi connectivity index (χ2v) is 5.47. The Kier molecular flexibility index (Phi) is 5.34. The highest BCUT2D eigenvalue weighted by Gasteiger charge is 2.24. The summed E-state index contributed by atoms with van der Waals surface area (Å²) in [6, 6.07) is 5.73. The summed E-state index contributed by atoms with van der Waals surface area (Å²) in [6.45, 7) is 8.29. The summed E-state index contributed by atoms with van der Waals surface area (Å²) >= 11 is 0. The number of nitrogens with one attached hydrogen (secondary N) is 1. The summed E-state index contributed by atoms with van der Waals surface area (Å²) in [4.78, 5) is 2.43. The van der Waals surface area contributed by atoms with E-state index in [0.29, 0.717) is 0 Å². The van der Waals surface area contributed by atoms with Gasteiger partial charge < -0.3 is 5.32 Å². The smallest absolute Gasteiger partial charge is 0.128 e. The van der Waals surface area contributed by atoms with Gasteiger partial charge in [-0.05, 0) is 19.4 Å². The van der Waals surface area contributed by atoms with Crippen LogP contribution in [-0.4, -0.2) is 31.1 Å². The van der Waals surface area contributed by atoms with Crippen LogP contribution in [0.1, 0.15) is 43.4 Å². The van der Waals surface area contributed by atoms with Crippen LogP contribution in [0.2, 0.25) is 0 Å². The van der Waals surface area contributed by atoms with Gasteiger partial charge in [-0.15, -0.1) is 0 Å². The van der Waals surface area contributed by atoms with Gasteiger partial charge in [0.15, 0.2) is 0 Å². The minimum absolute atomic E-state index is 0.0507. The van der Waals surface area contributed by atoms with Gasteiger partial charge in [-0.2, -0.15) is 0 Å². The standard InChI is InChI=1S/C16H25FN2/c1-3-4-5-16(19-10-8-18-9-11-19)14-12-13(2)6-7-15(14)17/h6-7,12,16,18H,3-5,8-11H2,1-2H3/t16-/m1/s1. The molecule has 0 bridgehead atoms. The van der Waals surface area contributed by atoms with E-state index in [2.05, 4.69) is 17.1 Å². The Bertz CT molecular complexity index is 400. The zero-order valence-corrected chi connectivity index (χ0v) is 12.1. The van der Waals surface area contributed by atoms with Gasteiger partial charge in [0.25, 0.3) is 0 Å². The highest BCUT2D eigenvalue weighted by Crippen LogP contribution is 2.29. The van der Waals surface area contributed by atoms with Crippen molar-refractivity contribution in [3.8, 4) is 0 Å². The van der Waals surface area contributed by atoms with Crippen LogP contribution in [0.15, 0.2) is 18.2 Å². The number of piperazine rings is 1. The quantitative estimate of drug-likeness (QED) is 0.878. The molecule has 0 radical (unpaired) electrons. The first-order chi connectivity index (χ1) is 9.22. The molecule has 19 heavy (non-hydrogen) atoms. The van der Waals surface area contributed by atoms with E-state index in [4.69, 9.17) is 0 Å². The van der Waals surface area contributed by atoms with Gasteiger partial charge in [-0.25, -0.2) is 4.39 Å². The SMILES string of the molecule is CCCC[C@H](c1cc(C)ccc1F)N1CCNCC1. The van der Waals surface area contributed by atoms with Crippen LogP contribution in [0, 0.1) is 12.7 Å². The van der Waals surface area contributed by atoms with E-state index in [0.717, 1.165) is 56.6 Å². The van der Waals surface area contributed by atoms with E-state index in [-0.39, 0.29) is 11.9 Å². The molecule has 0 saturated carbocycles. The molecule has 1 aromatic carbocycles. The first kappa shape index (κ1) is 14.5. The first-order valence-electron chi connectivity index (χ1n) is 7.43. The van der Waals surface area contributed by atoms with Crippen LogP contribution in [-0.2, 0) is 0 Å². The van der Waals surface area contributed by atoms with Crippen molar-refractivity contribution < 1.29 is 4.39 Å².